The third kappa shape index (κ3) is 5.61. The minimum Gasteiger partial charge on any atom is -0.446 e. The van der Waals surface area contributed by atoms with Crippen molar-refractivity contribution in [2.24, 2.45) is 0 Å². The molecule has 1 atom stereocenters. The van der Waals surface area contributed by atoms with E-state index in [1.54, 1.807) is 18.2 Å². The maximum atomic E-state index is 11.9. The molecule has 1 heterocycles. The molecule has 0 saturated carbocycles. The largest absolute Gasteiger partial charge is 0.446 e. The van der Waals surface area contributed by atoms with Crippen LogP contribution in [0.1, 0.15) is 5.56 Å². The number of halogens is 2. The average Bonchev–Trinajstić information content (AvgIpc) is 2.64. The zero-order valence-corrected chi connectivity index (χ0v) is 15.7. The fraction of sp³-hybridized carbons (Fsp3) is 0.316. The van der Waals surface area contributed by atoms with Gasteiger partial charge in [-0.1, -0.05) is 47.5 Å². The van der Waals surface area contributed by atoms with E-state index in [-0.39, 0.29) is 12.7 Å². The van der Waals surface area contributed by atoms with Gasteiger partial charge in [-0.25, -0.2) is 4.79 Å². The van der Waals surface area contributed by atoms with Gasteiger partial charge in [0.15, 0.2) is 0 Å². The molecule has 2 aromatic carbocycles. The molecule has 1 aliphatic rings. The molecule has 0 aliphatic carbocycles. The first-order valence-electron chi connectivity index (χ1n) is 8.37. The van der Waals surface area contributed by atoms with Gasteiger partial charge in [0, 0.05) is 25.3 Å². The van der Waals surface area contributed by atoms with Gasteiger partial charge in [0.25, 0.3) is 0 Å². The van der Waals surface area contributed by atoms with Crippen molar-refractivity contribution in [3.05, 3.63) is 64.1 Å². The van der Waals surface area contributed by atoms with Gasteiger partial charge in [-0.15, -0.1) is 0 Å². The Hall–Kier alpha value is -1.79. The van der Waals surface area contributed by atoms with E-state index < -0.39 is 6.09 Å². The fourth-order valence-electron chi connectivity index (χ4n) is 2.77. The lowest BCUT2D eigenvalue weighted by Gasteiger charge is -2.32. The van der Waals surface area contributed by atoms with E-state index in [2.05, 4.69) is 10.2 Å². The standard InChI is InChI=1S/C19H20Cl2N2O3/c20-17-7-6-14(10-18(17)21)11-23-8-9-25-16(12-23)13-26-19(24)22-15-4-2-1-3-5-15/h1-7,10,16H,8-9,11-13H2,(H,22,24). The van der Waals surface area contributed by atoms with E-state index in [1.807, 2.05) is 30.3 Å². The Labute approximate surface area is 162 Å². The summed E-state index contributed by atoms with van der Waals surface area (Å²) in [6, 6.07) is 14.8. The highest BCUT2D eigenvalue weighted by atomic mass is 35.5. The number of rotatable bonds is 5. The van der Waals surface area contributed by atoms with E-state index in [9.17, 15) is 4.79 Å². The van der Waals surface area contributed by atoms with Crippen LogP contribution >= 0.6 is 23.2 Å². The van der Waals surface area contributed by atoms with Crippen LogP contribution in [0.2, 0.25) is 10.0 Å². The van der Waals surface area contributed by atoms with Crippen molar-refractivity contribution in [3.63, 3.8) is 0 Å². The minimum atomic E-state index is -0.485. The Morgan fingerprint density at radius 1 is 1.19 bits per heavy atom. The summed E-state index contributed by atoms with van der Waals surface area (Å²) >= 11 is 12.0. The monoisotopic (exact) mass is 394 g/mol. The van der Waals surface area contributed by atoms with Crippen LogP contribution in [0.5, 0.6) is 0 Å². The predicted octanol–water partition coefficient (Wildman–Crippen LogP) is 4.44. The second-order valence-electron chi connectivity index (χ2n) is 6.07. The van der Waals surface area contributed by atoms with Crippen molar-refractivity contribution in [2.45, 2.75) is 12.6 Å². The number of nitrogens with one attached hydrogen (secondary N) is 1. The number of hydrogen-bond donors (Lipinski definition) is 1. The molecular weight excluding hydrogens is 375 g/mol. The van der Waals surface area contributed by atoms with Crippen LogP contribution in [0.25, 0.3) is 0 Å². The Bertz CT molecular complexity index is 743. The van der Waals surface area contributed by atoms with Gasteiger partial charge < -0.3 is 9.47 Å². The quantitative estimate of drug-likeness (QED) is 0.813. The molecule has 26 heavy (non-hydrogen) atoms. The third-order valence-corrected chi connectivity index (χ3v) is 4.77. The first-order chi connectivity index (χ1) is 12.6. The summed E-state index contributed by atoms with van der Waals surface area (Å²) in [6.45, 7) is 3.03. The van der Waals surface area contributed by atoms with Crippen LogP contribution in [-0.2, 0) is 16.0 Å². The summed E-state index contributed by atoms with van der Waals surface area (Å²) < 4.78 is 11.0. The third-order valence-electron chi connectivity index (χ3n) is 4.03. The fourth-order valence-corrected chi connectivity index (χ4v) is 3.09. The minimum absolute atomic E-state index is 0.159. The molecule has 1 aliphatic heterocycles. The van der Waals surface area contributed by atoms with Crippen LogP contribution in [0, 0.1) is 0 Å². The highest BCUT2D eigenvalue weighted by molar-refractivity contribution is 6.42. The summed E-state index contributed by atoms with van der Waals surface area (Å²) in [7, 11) is 0. The Morgan fingerprint density at radius 3 is 2.77 bits per heavy atom. The number of hydrogen-bond acceptors (Lipinski definition) is 4. The molecule has 5 nitrogen and oxygen atoms in total. The molecule has 138 valence electrons. The first-order valence-corrected chi connectivity index (χ1v) is 9.12. The Balaban J connectivity index is 1.46. The summed E-state index contributed by atoms with van der Waals surface area (Å²) in [6.07, 6.45) is -0.644. The number of anilines is 1. The lowest BCUT2D eigenvalue weighted by atomic mass is 10.2. The smallest absolute Gasteiger partial charge is 0.411 e. The Morgan fingerprint density at radius 2 is 2.00 bits per heavy atom. The number of para-hydroxylation sites is 1. The molecule has 0 radical (unpaired) electrons. The number of carbonyl (C=O) groups is 1. The second-order valence-corrected chi connectivity index (χ2v) is 6.88. The summed E-state index contributed by atoms with van der Waals surface area (Å²) in [5.41, 5.74) is 1.78. The number of ether oxygens (including phenoxy) is 2. The van der Waals surface area contributed by atoms with Crippen molar-refractivity contribution in [1.29, 1.82) is 0 Å². The maximum Gasteiger partial charge on any atom is 0.411 e. The molecule has 0 spiro atoms. The van der Waals surface area contributed by atoms with Crippen molar-refractivity contribution in [2.75, 3.05) is 31.6 Å². The van der Waals surface area contributed by atoms with Crippen LogP contribution in [0.3, 0.4) is 0 Å². The summed E-state index contributed by atoms with van der Waals surface area (Å²) in [5.74, 6) is 0. The SMILES string of the molecule is O=C(Nc1ccccc1)OCC1CN(Cc2ccc(Cl)c(Cl)c2)CCO1. The number of carbonyl (C=O) groups excluding carboxylic acids is 1. The van der Waals surface area contributed by atoms with Crippen molar-refractivity contribution in [3.8, 4) is 0 Å². The molecule has 1 amide bonds. The normalized spacial score (nSPS) is 17.7. The number of amides is 1. The van der Waals surface area contributed by atoms with Crippen LogP contribution < -0.4 is 5.32 Å². The van der Waals surface area contributed by atoms with E-state index in [0.29, 0.717) is 28.9 Å². The van der Waals surface area contributed by atoms with Gasteiger partial charge in [0.2, 0.25) is 0 Å². The average molecular weight is 395 g/mol. The summed E-state index contributed by atoms with van der Waals surface area (Å²) in [5, 5.41) is 3.79. The van der Waals surface area contributed by atoms with Gasteiger partial charge >= 0.3 is 6.09 Å². The van der Waals surface area contributed by atoms with E-state index in [4.69, 9.17) is 32.7 Å². The highest BCUT2D eigenvalue weighted by Crippen LogP contribution is 2.23. The molecule has 1 unspecified atom stereocenters. The highest BCUT2D eigenvalue weighted by Gasteiger charge is 2.22. The van der Waals surface area contributed by atoms with E-state index >= 15 is 0 Å². The topological polar surface area (TPSA) is 50.8 Å². The molecule has 0 aromatic heterocycles. The van der Waals surface area contributed by atoms with Crippen molar-refractivity contribution >= 4 is 35.0 Å². The molecule has 2 aromatic rings. The van der Waals surface area contributed by atoms with Crippen molar-refractivity contribution < 1.29 is 14.3 Å². The second kappa shape index (κ2) is 9.24. The van der Waals surface area contributed by atoms with Gasteiger partial charge in [-0.2, -0.15) is 0 Å². The number of morpholine rings is 1. The van der Waals surface area contributed by atoms with Gasteiger partial charge in [0.05, 0.1) is 16.7 Å². The lowest BCUT2D eigenvalue weighted by Crippen LogP contribution is -2.44. The zero-order valence-electron chi connectivity index (χ0n) is 14.2. The van der Waals surface area contributed by atoms with Crippen molar-refractivity contribution in [1.82, 2.24) is 4.90 Å². The molecule has 1 fully saturated rings. The maximum absolute atomic E-state index is 11.9. The molecule has 3 rings (SSSR count). The van der Waals surface area contributed by atoms with Gasteiger partial charge in [0.1, 0.15) is 12.7 Å². The molecule has 7 heteroatoms. The number of nitrogens with zero attached hydrogens (tertiary/aromatic N) is 1. The molecular formula is C19H20Cl2N2O3. The first kappa shape index (κ1) is 19.0. The van der Waals surface area contributed by atoms with Gasteiger partial charge in [-0.05, 0) is 29.8 Å². The zero-order chi connectivity index (χ0) is 18.4. The van der Waals surface area contributed by atoms with E-state index in [0.717, 1.165) is 18.7 Å². The predicted molar refractivity (Wildman–Crippen MR) is 103 cm³/mol. The van der Waals surface area contributed by atoms with Crippen LogP contribution in [-0.4, -0.2) is 43.4 Å². The Kier molecular flexibility index (Phi) is 6.74. The van der Waals surface area contributed by atoms with Crippen LogP contribution in [0.4, 0.5) is 10.5 Å². The van der Waals surface area contributed by atoms with Gasteiger partial charge in [-0.3, -0.25) is 10.2 Å². The molecule has 1 saturated heterocycles. The lowest BCUT2D eigenvalue weighted by molar-refractivity contribution is -0.0564. The summed E-state index contributed by atoms with van der Waals surface area (Å²) in [4.78, 5) is 14.1. The molecule has 0 bridgehead atoms. The van der Waals surface area contributed by atoms with Crippen LogP contribution in [0.15, 0.2) is 48.5 Å². The number of benzene rings is 2. The molecule has 1 N–H and O–H groups in total. The van der Waals surface area contributed by atoms with E-state index in [1.165, 1.54) is 0 Å².